The highest BCUT2D eigenvalue weighted by Crippen LogP contribution is 2.09. The van der Waals surface area contributed by atoms with E-state index >= 15 is 0 Å². The van der Waals surface area contributed by atoms with Gasteiger partial charge in [0.2, 0.25) is 5.95 Å². The van der Waals surface area contributed by atoms with Gasteiger partial charge in [-0.15, -0.1) is 0 Å². The topological polar surface area (TPSA) is 81.3 Å². The van der Waals surface area contributed by atoms with Crippen LogP contribution in [0.5, 0.6) is 0 Å². The van der Waals surface area contributed by atoms with E-state index in [4.69, 9.17) is 10.8 Å². The first-order valence-corrected chi connectivity index (χ1v) is 3.02. The highest BCUT2D eigenvalue weighted by Gasteiger charge is 2.04. The van der Waals surface area contributed by atoms with Crippen molar-refractivity contribution in [3.8, 4) is 0 Å². The molecule has 1 heterocycles. The third kappa shape index (κ3) is 1.86. The Hall–Kier alpha value is -1.20. The zero-order valence-electron chi connectivity index (χ0n) is 6.06. The molecule has 5 nitrogen and oxygen atoms in total. The number of hydrogen-bond acceptors (Lipinski definition) is 5. The minimum absolute atomic E-state index is 0.178. The smallest absolute Gasteiger partial charge is 0.219 e. The Morgan fingerprint density at radius 1 is 1.55 bits per heavy atom. The summed E-state index contributed by atoms with van der Waals surface area (Å²) in [5, 5.41) is 9.08. The highest BCUT2D eigenvalue weighted by atomic mass is 16.6. The highest BCUT2D eigenvalue weighted by molar-refractivity contribution is 5.17. The number of aliphatic hydroxyl groups is 1. The van der Waals surface area contributed by atoms with Gasteiger partial charge in [-0.25, -0.2) is 9.97 Å². The second-order valence-electron chi connectivity index (χ2n) is 1.96. The summed E-state index contributed by atoms with van der Waals surface area (Å²) >= 11 is 0. The third-order valence-electron chi connectivity index (χ3n) is 1.20. The minimum atomic E-state index is -0.976. The zero-order chi connectivity index (χ0) is 8.27. The summed E-state index contributed by atoms with van der Waals surface area (Å²) < 4.78 is 4.61. The van der Waals surface area contributed by atoms with Gasteiger partial charge in [-0.05, 0) is 0 Å². The maximum atomic E-state index is 9.08. The Morgan fingerprint density at radius 3 is 2.55 bits per heavy atom. The van der Waals surface area contributed by atoms with E-state index in [1.165, 1.54) is 19.5 Å². The van der Waals surface area contributed by atoms with Crippen LogP contribution < -0.4 is 5.73 Å². The van der Waals surface area contributed by atoms with E-state index in [-0.39, 0.29) is 5.95 Å². The van der Waals surface area contributed by atoms with E-state index in [1.54, 1.807) is 0 Å². The molecule has 3 N–H and O–H groups in total. The Kier molecular flexibility index (Phi) is 2.35. The fourth-order valence-electron chi connectivity index (χ4n) is 0.612. The van der Waals surface area contributed by atoms with E-state index < -0.39 is 6.29 Å². The molecule has 1 aromatic heterocycles. The lowest BCUT2D eigenvalue weighted by Crippen LogP contribution is -2.02. The molecule has 0 aromatic carbocycles. The van der Waals surface area contributed by atoms with Gasteiger partial charge in [0.05, 0.1) is 0 Å². The fourth-order valence-corrected chi connectivity index (χ4v) is 0.612. The summed E-state index contributed by atoms with van der Waals surface area (Å²) in [6.07, 6.45) is 1.85. The van der Waals surface area contributed by atoms with Crippen LogP contribution in [-0.2, 0) is 4.74 Å². The lowest BCUT2D eigenvalue weighted by Gasteiger charge is -2.06. The maximum absolute atomic E-state index is 9.08. The summed E-state index contributed by atoms with van der Waals surface area (Å²) in [5.74, 6) is 0.178. The Bertz CT molecular complexity index is 224. The van der Waals surface area contributed by atoms with Crippen molar-refractivity contribution in [3.05, 3.63) is 18.0 Å². The molecule has 5 heteroatoms. The Labute approximate surface area is 63.8 Å². The van der Waals surface area contributed by atoms with E-state index in [0.717, 1.165) is 0 Å². The van der Waals surface area contributed by atoms with Crippen molar-refractivity contribution in [2.75, 3.05) is 12.8 Å². The summed E-state index contributed by atoms with van der Waals surface area (Å²) in [6, 6.07) is 0. The molecular formula is C6H9N3O2. The summed E-state index contributed by atoms with van der Waals surface area (Å²) in [6.45, 7) is 0. The molecule has 0 amide bonds. The molecule has 1 aromatic rings. The minimum Gasteiger partial charge on any atom is -0.368 e. The van der Waals surface area contributed by atoms with Crippen LogP contribution in [0.1, 0.15) is 11.9 Å². The van der Waals surface area contributed by atoms with Crippen LogP contribution >= 0.6 is 0 Å². The molecule has 11 heavy (non-hydrogen) atoms. The molecule has 0 fully saturated rings. The van der Waals surface area contributed by atoms with E-state index in [9.17, 15) is 0 Å². The quantitative estimate of drug-likeness (QED) is 0.573. The van der Waals surface area contributed by atoms with E-state index in [1.807, 2.05) is 0 Å². The number of anilines is 1. The molecule has 0 spiro atoms. The van der Waals surface area contributed by atoms with Crippen molar-refractivity contribution < 1.29 is 9.84 Å². The largest absolute Gasteiger partial charge is 0.368 e. The van der Waals surface area contributed by atoms with Gasteiger partial charge in [-0.2, -0.15) is 0 Å². The number of hydrogen-bond donors (Lipinski definition) is 2. The van der Waals surface area contributed by atoms with Gasteiger partial charge in [0.25, 0.3) is 0 Å². The molecule has 1 unspecified atom stereocenters. The first-order chi connectivity index (χ1) is 5.24. The van der Waals surface area contributed by atoms with E-state index in [2.05, 4.69) is 14.7 Å². The number of aromatic nitrogens is 2. The molecule has 1 rings (SSSR count). The zero-order valence-corrected chi connectivity index (χ0v) is 6.06. The number of rotatable bonds is 2. The number of nitrogen functional groups attached to an aromatic ring is 1. The van der Waals surface area contributed by atoms with Crippen molar-refractivity contribution in [3.63, 3.8) is 0 Å². The van der Waals surface area contributed by atoms with Gasteiger partial charge >= 0.3 is 0 Å². The van der Waals surface area contributed by atoms with Gasteiger partial charge in [0.15, 0.2) is 6.29 Å². The summed E-state index contributed by atoms with van der Waals surface area (Å²) in [5.41, 5.74) is 5.71. The predicted octanol–water partition coefficient (Wildman–Crippen LogP) is -0.304. The lowest BCUT2D eigenvalue weighted by molar-refractivity contribution is -0.0773. The molecule has 1 atom stereocenters. The van der Waals surface area contributed by atoms with Gasteiger partial charge in [0.1, 0.15) is 0 Å². The van der Waals surface area contributed by atoms with Gasteiger partial charge in [0, 0.05) is 25.1 Å². The van der Waals surface area contributed by atoms with Crippen LogP contribution in [0.2, 0.25) is 0 Å². The molecular weight excluding hydrogens is 146 g/mol. The second kappa shape index (κ2) is 3.27. The predicted molar refractivity (Wildman–Crippen MR) is 38.4 cm³/mol. The number of nitrogens with zero attached hydrogens (tertiary/aromatic N) is 2. The van der Waals surface area contributed by atoms with Crippen molar-refractivity contribution in [1.29, 1.82) is 0 Å². The number of aliphatic hydroxyl groups excluding tert-OH is 1. The lowest BCUT2D eigenvalue weighted by atomic mass is 10.3. The van der Waals surface area contributed by atoms with E-state index in [0.29, 0.717) is 5.56 Å². The molecule has 0 aliphatic heterocycles. The fraction of sp³-hybridized carbons (Fsp3) is 0.333. The monoisotopic (exact) mass is 155 g/mol. The number of methoxy groups -OCH3 is 1. The summed E-state index contributed by atoms with van der Waals surface area (Å²) in [4.78, 5) is 7.35. The normalized spacial score (nSPS) is 12.9. The molecule has 0 bridgehead atoms. The van der Waals surface area contributed by atoms with Crippen LogP contribution in [0.25, 0.3) is 0 Å². The first kappa shape index (κ1) is 7.90. The van der Waals surface area contributed by atoms with Crippen molar-refractivity contribution in [1.82, 2.24) is 9.97 Å². The molecule has 60 valence electrons. The van der Waals surface area contributed by atoms with Crippen LogP contribution in [0.15, 0.2) is 12.4 Å². The molecule has 0 aliphatic carbocycles. The number of nitrogens with two attached hydrogens (primary N) is 1. The molecule has 0 saturated carbocycles. The second-order valence-corrected chi connectivity index (χ2v) is 1.96. The average Bonchev–Trinajstić information content (AvgIpc) is 2.05. The molecule has 0 aliphatic rings. The SMILES string of the molecule is COC(O)c1cnc(N)nc1. The van der Waals surface area contributed by atoms with Crippen molar-refractivity contribution >= 4 is 5.95 Å². The van der Waals surface area contributed by atoms with Crippen LogP contribution in [0.4, 0.5) is 5.95 Å². The van der Waals surface area contributed by atoms with Crippen LogP contribution in [0.3, 0.4) is 0 Å². The first-order valence-electron chi connectivity index (χ1n) is 3.02. The van der Waals surface area contributed by atoms with Crippen LogP contribution in [-0.4, -0.2) is 22.2 Å². The van der Waals surface area contributed by atoms with Gasteiger partial charge in [-0.3, -0.25) is 0 Å². The number of ether oxygens (including phenoxy) is 1. The third-order valence-corrected chi connectivity index (χ3v) is 1.20. The van der Waals surface area contributed by atoms with Gasteiger partial charge < -0.3 is 15.6 Å². The Morgan fingerprint density at radius 2 is 2.09 bits per heavy atom. The molecule has 0 radical (unpaired) electrons. The van der Waals surface area contributed by atoms with Crippen molar-refractivity contribution in [2.45, 2.75) is 6.29 Å². The average molecular weight is 155 g/mol. The van der Waals surface area contributed by atoms with Crippen LogP contribution in [0, 0.1) is 0 Å². The standard InChI is InChI=1S/C6H9N3O2/c1-11-5(10)4-2-8-6(7)9-3-4/h2-3,5,10H,1H3,(H2,7,8,9). The maximum Gasteiger partial charge on any atom is 0.219 e. The summed E-state index contributed by atoms with van der Waals surface area (Å²) in [7, 11) is 1.39. The molecule has 0 saturated heterocycles. The van der Waals surface area contributed by atoms with Gasteiger partial charge in [-0.1, -0.05) is 0 Å². The van der Waals surface area contributed by atoms with Crippen molar-refractivity contribution in [2.24, 2.45) is 0 Å². The Balaban J connectivity index is 2.81.